The molecule has 7 heteroatoms. The molecule has 2 saturated heterocycles. The van der Waals surface area contributed by atoms with Crippen LogP contribution < -0.4 is 10.6 Å². The van der Waals surface area contributed by atoms with E-state index in [0.29, 0.717) is 29.7 Å². The predicted molar refractivity (Wildman–Crippen MR) is 127 cm³/mol. The lowest BCUT2D eigenvalue weighted by Gasteiger charge is -2.47. The first kappa shape index (κ1) is 23.7. The van der Waals surface area contributed by atoms with Gasteiger partial charge in [0.05, 0.1) is 0 Å². The Hall–Kier alpha value is -0.600. The van der Waals surface area contributed by atoms with Crippen molar-refractivity contribution in [3.63, 3.8) is 0 Å². The van der Waals surface area contributed by atoms with Crippen LogP contribution in [0.4, 0.5) is 4.39 Å². The molecule has 2 aliphatic rings. The number of nitrogens with one attached hydrogen (secondary N) is 2. The van der Waals surface area contributed by atoms with E-state index in [0.717, 1.165) is 11.5 Å². The van der Waals surface area contributed by atoms with Gasteiger partial charge in [0.25, 0.3) is 0 Å². The summed E-state index contributed by atoms with van der Waals surface area (Å²) in [5.41, 5.74) is 0.688. The number of aliphatic imine (C=N–C) groups is 1. The molecular formula is C21H33ClFIN4. The number of piperidine rings is 2. The molecule has 0 amide bonds. The number of hydrogen-bond donors (Lipinski definition) is 2. The minimum absolute atomic E-state index is 0. The number of fused-ring (bicyclic) bond motifs is 2. The maximum absolute atomic E-state index is 13.4. The van der Waals surface area contributed by atoms with E-state index >= 15 is 0 Å². The number of rotatable bonds is 4. The molecule has 158 valence electrons. The topological polar surface area (TPSA) is 39.7 Å². The number of benzene rings is 1. The molecule has 2 atom stereocenters. The molecular weight excluding hydrogens is 490 g/mol. The van der Waals surface area contributed by atoms with Gasteiger partial charge in [-0.25, -0.2) is 4.39 Å². The van der Waals surface area contributed by atoms with E-state index in [9.17, 15) is 4.39 Å². The average molecular weight is 523 g/mol. The molecule has 0 aliphatic carbocycles. The van der Waals surface area contributed by atoms with Crippen LogP contribution in [0.25, 0.3) is 0 Å². The van der Waals surface area contributed by atoms with Crippen molar-refractivity contribution in [2.24, 2.45) is 4.99 Å². The zero-order chi connectivity index (χ0) is 19.6. The molecule has 2 N–H and O–H groups in total. The van der Waals surface area contributed by atoms with Crippen LogP contribution in [0.3, 0.4) is 0 Å². The molecule has 1 aromatic carbocycles. The van der Waals surface area contributed by atoms with Crippen molar-refractivity contribution in [2.75, 3.05) is 20.6 Å². The highest BCUT2D eigenvalue weighted by Crippen LogP contribution is 2.33. The number of hydrogen-bond acceptors (Lipinski definition) is 2. The molecule has 4 nitrogen and oxygen atoms in total. The van der Waals surface area contributed by atoms with Crippen LogP contribution in [0.1, 0.15) is 51.5 Å². The van der Waals surface area contributed by atoms with Gasteiger partial charge in [0, 0.05) is 42.2 Å². The lowest BCUT2D eigenvalue weighted by Crippen LogP contribution is -2.57. The molecule has 0 radical (unpaired) electrons. The molecule has 2 heterocycles. The van der Waals surface area contributed by atoms with Gasteiger partial charge in [-0.2, -0.15) is 0 Å². The van der Waals surface area contributed by atoms with Crippen LogP contribution in [0.5, 0.6) is 0 Å². The van der Waals surface area contributed by atoms with Crippen molar-refractivity contribution < 1.29 is 4.39 Å². The Bertz CT molecular complexity index is 683. The van der Waals surface area contributed by atoms with Gasteiger partial charge in [0.1, 0.15) is 5.82 Å². The highest BCUT2D eigenvalue weighted by molar-refractivity contribution is 14.0. The zero-order valence-corrected chi connectivity index (χ0v) is 20.4. The number of guanidine groups is 1. The standard InChI is InChI=1S/C21H32ClFN4.HI/c1-21(2,18-9-8-14(23)10-19(18)22)13-25-20(24-3)26-15-11-16-6-5-7-17(12-15)27(16)4;/h8-10,15-17H,5-7,11-13H2,1-4H3,(H2,24,25,26);1H. The number of nitrogens with zero attached hydrogens (tertiary/aromatic N) is 2. The minimum atomic E-state index is -0.308. The summed E-state index contributed by atoms with van der Waals surface area (Å²) < 4.78 is 13.4. The monoisotopic (exact) mass is 522 g/mol. The molecule has 2 aliphatic heterocycles. The van der Waals surface area contributed by atoms with E-state index in [-0.39, 0.29) is 35.2 Å². The summed E-state index contributed by atoms with van der Waals surface area (Å²) >= 11 is 6.27. The Morgan fingerprint density at radius 2 is 1.93 bits per heavy atom. The summed E-state index contributed by atoms with van der Waals surface area (Å²) in [5, 5.41) is 7.53. The Morgan fingerprint density at radius 1 is 1.29 bits per heavy atom. The van der Waals surface area contributed by atoms with E-state index in [4.69, 9.17) is 11.6 Å². The zero-order valence-electron chi connectivity index (χ0n) is 17.3. The average Bonchev–Trinajstić information content (AvgIpc) is 2.59. The molecule has 2 bridgehead atoms. The van der Waals surface area contributed by atoms with Gasteiger partial charge in [0.15, 0.2) is 5.96 Å². The third-order valence-electron chi connectivity index (χ3n) is 6.26. The second-order valence-electron chi connectivity index (χ2n) is 8.65. The molecule has 0 spiro atoms. The highest BCUT2D eigenvalue weighted by atomic mass is 127. The first-order valence-electron chi connectivity index (χ1n) is 9.95. The third-order valence-corrected chi connectivity index (χ3v) is 6.58. The van der Waals surface area contributed by atoms with Crippen LogP contribution in [0.2, 0.25) is 5.02 Å². The normalized spacial score (nSPS) is 25.8. The van der Waals surface area contributed by atoms with Crippen molar-refractivity contribution in [3.8, 4) is 0 Å². The van der Waals surface area contributed by atoms with Gasteiger partial charge in [-0.3, -0.25) is 4.99 Å². The maximum Gasteiger partial charge on any atom is 0.191 e. The van der Waals surface area contributed by atoms with Crippen LogP contribution in [0.15, 0.2) is 23.2 Å². The first-order valence-corrected chi connectivity index (χ1v) is 10.3. The second kappa shape index (κ2) is 9.94. The summed E-state index contributed by atoms with van der Waals surface area (Å²) in [7, 11) is 4.08. The van der Waals surface area contributed by atoms with Crippen LogP contribution in [-0.4, -0.2) is 49.6 Å². The fraction of sp³-hybridized carbons (Fsp3) is 0.667. The summed E-state index contributed by atoms with van der Waals surface area (Å²) in [5.74, 6) is 0.520. The largest absolute Gasteiger partial charge is 0.356 e. The van der Waals surface area contributed by atoms with Crippen molar-refractivity contribution in [3.05, 3.63) is 34.6 Å². The minimum Gasteiger partial charge on any atom is -0.356 e. The Kier molecular flexibility index (Phi) is 8.40. The number of halogens is 3. The fourth-order valence-corrected chi connectivity index (χ4v) is 4.98. The predicted octanol–water partition coefficient (Wildman–Crippen LogP) is 4.56. The lowest BCUT2D eigenvalue weighted by atomic mass is 9.82. The van der Waals surface area contributed by atoms with E-state index in [1.54, 1.807) is 6.07 Å². The van der Waals surface area contributed by atoms with Crippen molar-refractivity contribution in [2.45, 2.75) is 69.5 Å². The van der Waals surface area contributed by atoms with Crippen molar-refractivity contribution >= 4 is 41.5 Å². The van der Waals surface area contributed by atoms with E-state index in [2.05, 4.69) is 41.4 Å². The summed E-state index contributed by atoms with van der Waals surface area (Å²) in [6, 6.07) is 6.44. The van der Waals surface area contributed by atoms with E-state index < -0.39 is 0 Å². The summed E-state index contributed by atoms with van der Waals surface area (Å²) in [6.45, 7) is 4.87. The first-order chi connectivity index (χ1) is 12.8. The Morgan fingerprint density at radius 3 is 2.50 bits per heavy atom. The van der Waals surface area contributed by atoms with Gasteiger partial charge in [0.2, 0.25) is 0 Å². The molecule has 2 unspecified atom stereocenters. The smallest absolute Gasteiger partial charge is 0.191 e. The summed E-state index contributed by atoms with van der Waals surface area (Å²) in [4.78, 5) is 6.98. The van der Waals surface area contributed by atoms with E-state index in [1.165, 1.54) is 44.2 Å². The lowest BCUT2D eigenvalue weighted by molar-refractivity contribution is 0.0526. The second-order valence-corrected chi connectivity index (χ2v) is 9.06. The highest BCUT2D eigenvalue weighted by Gasteiger charge is 2.36. The van der Waals surface area contributed by atoms with Gasteiger partial charge in [-0.05, 0) is 50.4 Å². The quantitative estimate of drug-likeness (QED) is 0.346. The van der Waals surface area contributed by atoms with Crippen LogP contribution in [0, 0.1) is 5.82 Å². The third kappa shape index (κ3) is 5.51. The molecule has 0 aromatic heterocycles. The van der Waals surface area contributed by atoms with Crippen molar-refractivity contribution in [1.29, 1.82) is 0 Å². The Balaban J connectivity index is 0.00000280. The molecule has 2 fully saturated rings. The van der Waals surface area contributed by atoms with Gasteiger partial charge >= 0.3 is 0 Å². The fourth-order valence-electron chi connectivity index (χ4n) is 4.56. The van der Waals surface area contributed by atoms with Gasteiger partial charge in [-0.1, -0.05) is 37.9 Å². The molecule has 1 aromatic rings. The van der Waals surface area contributed by atoms with Crippen LogP contribution in [-0.2, 0) is 5.41 Å². The SMILES string of the molecule is CN=C(NCC(C)(C)c1ccc(F)cc1Cl)NC1CC2CCCC(C1)N2C.I. The van der Waals surface area contributed by atoms with Crippen molar-refractivity contribution in [1.82, 2.24) is 15.5 Å². The Labute approximate surface area is 190 Å². The molecule has 28 heavy (non-hydrogen) atoms. The van der Waals surface area contributed by atoms with E-state index in [1.807, 2.05) is 7.05 Å². The maximum atomic E-state index is 13.4. The van der Waals surface area contributed by atoms with Gasteiger partial charge < -0.3 is 15.5 Å². The van der Waals surface area contributed by atoms with Crippen LogP contribution >= 0.6 is 35.6 Å². The molecule has 3 rings (SSSR count). The van der Waals surface area contributed by atoms with Gasteiger partial charge in [-0.15, -0.1) is 24.0 Å². The summed E-state index contributed by atoms with van der Waals surface area (Å²) in [6.07, 6.45) is 6.29. The molecule has 0 saturated carbocycles.